The van der Waals surface area contributed by atoms with E-state index in [1.165, 1.54) is 19.5 Å². The van der Waals surface area contributed by atoms with Crippen LogP contribution in [0.2, 0.25) is 0 Å². The molecule has 1 aromatic rings. The second kappa shape index (κ2) is 6.16. The molecule has 0 amide bonds. The molecule has 2 heterocycles. The van der Waals surface area contributed by atoms with Crippen molar-refractivity contribution in [2.75, 3.05) is 40.8 Å². The highest BCUT2D eigenvalue weighted by atomic mass is 16.5. The number of nitrogens with zero attached hydrogens (tertiary/aromatic N) is 3. The highest BCUT2D eigenvalue weighted by Crippen LogP contribution is 2.16. The van der Waals surface area contributed by atoms with Crippen LogP contribution in [-0.4, -0.2) is 55.6 Å². The van der Waals surface area contributed by atoms with Gasteiger partial charge in [0.05, 0.1) is 12.8 Å². The Balaban J connectivity index is 1.84. The maximum absolute atomic E-state index is 5.15. The third-order valence-corrected chi connectivity index (χ3v) is 3.48. The summed E-state index contributed by atoms with van der Waals surface area (Å²) in [5.41, 5.74) is 1.07. The van der Waals surface area contributed by atoms with Crippen molar-refractivity contribution < 1.29 is 4.74 Å². The lowest BCUT2D eigenvalue weighted by Gasteiger charge is -2.20. The van der Waals surface area contributed by atoms with Crippen LogP contribution >= 0.6 is 0 Å². The molecule has 1 saturated heterocycles. The molecule has 0 aromatic carbocycles. The molecule has 1 aromatic heterocycles. The van der Waals surface area contributed by atoms with Crippen molar-refractivity contribution in [1.29, 1.82) is 0 Å². The minimum atomic E-state index is 0.696. The van der Waals surface area contributed by atoms with E-state index in [1.807, 2.05) is 12.1 Å². The number of hydrogen-bond acceptors (Lipinski definition) is 4. The summed E-state index contributed by atoms with van der Waals surface area (Å²) in [6.07, 6.45) is 1.31. The van der Waals surface area contributed by atoms with Crippen molar-refractivity contribution in [2.24, 2.45) is 5.92 Å². The van der Waals surface area contributed by atoms with Crippen molar-refractivity contribution in [3.05, 3.63) is 23.9 Å². The Kier molecular flexibility index (Phi) is 4.55. The highest BCUT2D eigenvalue weighted by Gasteiger charge is 2.20. The van der Waals surface area contributed by atoms with Gasteiger partial charge in [-0.2, -0.15) is 0 Å². The Hall–Kier alpha value is -1.13. The van der Waals surface area contributed by atoms with Gasteiger partial charge >= 0.3 is 0 Å². The second-order valence-corrected chi connectivity index (χ2v) is 5.28. The van der Waals surface area contributed by atoms with Gasteiger partial charge in [-0.15, -0.1) is 0 Å². The van der Waals surface area contributed by atoms with Crippen molar-refractivity contribution >= 4 is 0 Å². The molecule has 0 spiro atoms. The molecule has 0 unspecified atom stereocenters. The third kappa shape index (κ3) is 3.68. The Labute approximate surface area is 110 Å². The van der Waals surface area contributed by atoms with Crippen LogP contribution in [0.15, 0.2) is 18.2 Å². The first kappa shape index (κ1) is 13.3. The van der Waals surface area contributed by atoms with E-state index in [-0.39, 0.29) is 0 Å². The summed E-state index contributed by atoms with van der Waals surface area (Å²) in [7, 11) is 6.02. The number of pyridine rings is 1. The van der Waals surface area contributed by atoms with Crippen molar-refractivity contribution in [3.8, 4) is 5.88 Å². The van der Waals surface area contributed by atoms with E-state index in [0.29, 0.717) is 5.88 Å². The van der Waals surface area contributed by atoms with Crippen LogP contribution in [0.4, 0.5) is 0 Å². The van der Waals surface area contributed by atoms with E-state index in [4.69, 9.17) is 4.74 Å². The number of rotatable bonds is 5. The second-order valence-electron chi connectivity index (χ2n) is 5.28. The van der Waals surface area contributed by atoms with E-state index in [0.717, 1.165) is 24.7 Å². The van der Waals surface area contributed by atoms with Gasteiger partial charge < -0.3 is 14.5 Å². The SMILES string of the molecule is COc1cccc(CN(C)C[C@@H]2CCN(C)C2)n1. The van der Waals surface area contributed by atoms with Gasteiger partial charge in [0.1, 0.15) is 0 Å². The Morgan fingerprint density at radius 2 is 2.33 bits per heavy atom. The summed E-state index contributed by atoms with van der Waals surface area (Å²) in [5.74, 6) is 1.49. The lowest BCUT2D eigenvalue weighted by atomic mass is 10.1. The average Bonchev–Trinajstić information content (AvgIpc) is 2.74. The quantitative estimate of drug-likeness (QED) is 0.790. The van der Waals surface area contributed by atoms with E-state index >= 15 is 0 Å². The smallest absolute Gasteiger partial charge is 0.213 e. The molecule has 2 rings (SSSR count). The van der Waals surface area contributed by atoms with Crippen LogP contribution in [-0.2, 0) is 6.54 Å². The lowest BCUT2D eigenvalue weighted by Crippen LogP contribution is -2.27. The zero-order valence-corrected chi connectivity index (χ0v) is 11.6. The van der Waals surface area contributed by atoms with Crippen LogP contribution in [0.3, 0.4) is 0 Å². The normalized spacial score (nSPS) is 20.6. The van der Waals surface area contributed by atoms with Crippen molar-refractivity contribution in [3.63, 3.8) is 0 Å². The molecule has 4 nitrogen and oxygen atoms in total. The predicted molar refractivity (Wildman–Crippen MR) is 72.7 cm³/mol. The molecule has 0 aliphatic carbocycles. The predicted octanol–water partition coefficient (Wildman–Crippen LogP) is 1.47. The Morgan fingerprint density at radius 3 is 3.00 bits per heavy atom. The summed E-state index contributed by atoms with van der Waals surface area (Å²) in [4.78, 5) is 9.20. The number of hydrogen-bond donors (Lipinski definition) is 0. The highest BCUT2D eigenvalue weighted by molar-refractivity contribution is 5.15. The molecule has 0 saturated carbocycles. The van der Waals surface area contributed by atoms with E-state index in [2.05, 4.69) is 34.9 Å². The molecule has 4 heteroatoms. The summed E-state index contributed by atoms with van der Waals surface area (Å²) < 4.78 is 5.15. The fourth-order valence-corrected chi connectivity index (χ4v) is 2.62. The summed E-state index contributed by atoms with van der Waals surface area (Å²) >= 11 is 0. The maximum Gasteiger partial charge on any atom is 0.213 e. The Morgan fingerprint density at radius 1 is 1.50 bits per heavy atom. The van der Waals surface area contributed by atoms with Gasteiger partial charge in [0, 0.05) is 25.7 Å². The number of ether oxygens (including phenoxy) is 1. The molecule has 18 heavy (non-hydrogen) atoms. The summed E-state index contributed by atoms with van der Waals surface area (Å²) in [6.45, 7) is 4.48. The standard InChI is InChI=1S/C14H23N3O/c1-16-8-7-12(9-16)10-17(2)11-13-5-4-6-14(15-13)18-3/h4-6,12H,7-11H2,1-3H3/t12-/m1/s1. The van der Waals surface area contributed by atoms with E-state index in [1.54, 1.807) is 7.11 Å². The zero-order chi connectivity index (χ0) is 13.0. The molecular formula is C14H23N3O. The lowest BCUT2D eigenvalue weighted by molar-refractivity contribution is 0.263. The monoisotopic (exact) mass is 249 g/mol. The molecule has 1 aliphatic rings. The van der Waals surface area contributed by atoms with Gasteiger partial charge in [0.2, 0.25) is 5.88 Å². The molecule has 0 radical (unpaired) electrons. The molecule has 0 bridgehead atoms. The van der Waals surface area contributed by atoms with Gasteiger partial charge in [-0.05, 0) is 39.0 Å². The van der Waals surface area contributed by atoms with Gasteiger partial charge in [0.25, 0.3) is 0 Å². The first-order valence-electron chi connectivity index (χ1n) is 6.54. The average molecular weight is 249 g/mol. The number of likely N-dealkylation sites (tertiary alicyclic amines) is 1. The molecule has 1 aliphatic heterocycles. The first-order valence-corrected chi connectivity index (χ1v) is 6.54. The zero-order valence-electron chi connectivity index (χ0n) is 11.6. The van der Waals surface area contributed by atoms with Gasteiger partial charge in [-0.1, -0.05) is 6.07 Å². The molecule has 1 atom stereocenters. The number of methoxy groups -OCH3 is 1. The van der Waals surface area contributed by atoms with Gasteiger partial charge in [-0.3, -0.25) is 0 Å². The largest absolute Gasteiger partial charge is 0.481 e. The van der Waals surface area contributed by atoms with Crippen LogP contribution < -0.4 is 4.74 Å². The Bertz CT molecular complexity index is 383. The van der Waals surface area contributed by atoms with E-state index < -0.39 is 0 Å². The van der Waals surface area contributed by atoms with Crippen molar-refractivity contribution in [2.45, 2.75) is 13.0 Å². The minimum absolute atomic E-state index is 0.696. The van der Waals surface area contributed by atoms with Crippen molar-refractivity contribution in [1.82, 2.24) is 14.8 Å². The van der Waals surface area contributed by atoms with Crippen LogP contribution in [0.1, 0.15) is 12.1 Å². The van der Waals surface area contributed by atoms with Crippen LogP contribution in [0, 0.1) is 5.92 Å². The maximum atomic E-state index is 5.15. The van der Waals surface area contributed by atoms with Gasteiger partial charge in [-0.25, -0.2) is 4.98 Å². The molecule has 1 fully saturated rings. The molecular weight excluding hydrogens is 226 g/mol. The van der Waals surface area contributed by atoms with Gasteiger partial charge in [0.15, 0.2) is 0 Å². The molecule has 100 valence electrons. The number of aromatic nitrogens is 1. The third-order valence-electron chi connectivity index (χ3n) is 3.48. The van der Waals surface area contributed by atoms with Crippen LogP contribution in [0.25, 0.3) is 0 Å². The first-order chi connectivity index (χ1) is 8.67. The summed E-state index contributed by atoms with van der Waals surface area (Å²) in [6, 6.07) is 5.94. The minimum Gasteiger partial charge on any atom is -0.481 e. The summed E-state index contributed by atoms with van der Waals surface area (Å²) in [5, 5.41) is 0. The topological polar surface area (TPSA) is 28.6 Å². The van der Waals surface area contributed by atoms with E-state index in [9.17, 15) is 0 Å². The molecule has 0 N–H and O–H groups in total. The fourth-order valence-electron chi connectivity index (χ4n) is 2.62. The van der Waals surface area contributed by atoms with Crippen LogP contribution in [0.5, 0.6) is 5.88 Å². The fraction of sp³-hybridized carbons (Fsp3) is 0.643.